The summed E-state index contributed by atoms with van der Waals surface area (Å²) >= 11 is 0. The average Bonchev–Trinajstić information content (AvgIpc) is 2.77. The highest BCUT2D eigenvalue weighted by atomic mass is 32.2. The highest BCUT2D eigenvalue weighted by Gasteiger charge is 2.24. The van der Waals surface area contributed by atoms with Gasteiger partial charge < -0.3 is 19.7 Å². The summed E-state index contributed by atoms with van der Waals surface area (Å²) in [5.74, 6) is -1.65. The van der Waals surface area contributed by atoms with Gasteiger partial charge in [-0.05, 0) is 30.3 Å². The molecular weight excluding hydrogens is 444 g/mol. The summed E-state index contributed by atoms with van der Waals surface area (Å²) in [5.41, 5.74) is 0.161. The first-order valence-electron chi connectivity index (χ1n) is 9.36. The third-order valence-electron chi connectivity index (χ3n) is 4.54. The average molecular weight is 464 g/mol. The number of nitrogens with two attached hydrogens (primary N) is 1. The van der Waals surface area contributed by atoms with Crippen LogP contribution in [-0.4, -0.2) is 58.1 Å². The molecule has 3 rings (SSSR count). The zero-order chi connectivity index (χ0) is 23.3. The van der Waals surface area contributed by atoms with Crippen LogP contribution in [0.4, 0.5) is 17.1 Å². The molecule has 2 aromatic rings. The van der Waals surface area contributed by atoms with Gasteiger partial charge in [0.25, 0.3) is 11.6 Å². The van der Waals surface area contributed by atoms with Crippen LogP contribution in [0.5, 0.6) is 0 Å². The first-order chi connectivity index (χ1) is 15.1. The number of amides is 1. The lowest BCUT2D eigenvalue weighted by atomic mass is 10.1. The van der Waals surface area contributed by atoms with Gasteiger partial charge in [-0.2, -0.15) is 0 Å². The minimum atomic E-state index is -3.95. The molecule has 12 nitrogen and oxygen atoms in total. The molecule has 0 spiro atoms. The van der Waals surface area contributed by atoms with Gasteiger partial charge in [-0.15, -0.1) is 0 Å². The van der Waals surface area contributed by atoms with Crippen LogP contribution in [0.1, 0.15) is 10.4 Å². The van der Waals surface area contributed by atoms with E-state index in [9.17, 15) is 28.1 Å². The van der Waals surface area contributed by atoms with Gasteiger partial charge >= 0.3 is 5.97 Å². The van der Waals surface area contributed by atoms with Crippen molar-refractivity contribution in [2.45, 2.75) is 4.90 Å². The normalized spacial score (nSPS) is 14.0. The third kappa shape index (κ3) is 5.78. The molecule has 170 valence electrons. The standard InChI is InChI=1S/C19H20N4O8S/c20-32(28,29)15-3-1-2-14(11-15)21-18(24)12-31-19(25)13-4-5-16(17(10-13)23(26)27)22-6-8-30-9-7-22/h1-5,10-11H,6-9,12H2,(H,21,24)(H2,20,28,29). The fraction of sp³-hybridized carbons (Fsp3) is 0.263. The van der Waals surface area contributed by atoms with E-state index < -0.39 is 33.4 Å². The summed E-state index contributed by atoms with van der Waals surface area (Å²) in [7, 11) is -3.95. The molecule has 1 aliphatic heterocycles. The predicted octanol–water partition coefficient (Wildman–Crippen LogP) is 0.874. The molecule has 3 N–H and O–H groups in total. The van der Waals surface area contributed by atoms with Crippen molar-refractivity contribution in [1.29, 1.82) is 0 Å². The highest BCUT2D eigenvalue weighted by molar-refractivity contribution is 7.89. The van der Waals surface area contributed by atoms with Crippen LogP contribution in [0.2, 0.25) is 0 Å². The Morgan fingerprint density at radius 2 is 1.91 bits per heavy atom. The van der Waals surface area contributed by atoms with Gasteiger partial charge in [0.15, 0.2) is 6.61 Å². The second-order valence-corrected chi connectivity index (χ2v) is 8.32. The number of carbonyl (C=O) groups is 2. The fourth-order valence-electron chi connectivity index (χ4n) is 3.03. The van der Waals surface area contributed by atoms with Gasteiger partial charge in [0.2, 0.25) is 10.0 Å². The molecule has 1 aliphatic rings. The molecule has 1 heterocycles. The summed E-state index contributed by atoms with van der Waals surface area (Å²) in [5, 5.41) is 18.9. The number of ether oxygens (including phenoxy) is 2. The van der Waals surface area contributed by atoms with Crippen LogP contribution in [-0.2, 0) is 24.3 Å². The number of benzene rings is 2. The topological polar surface area (TPSA) is 171 Å². The number of morpholine rings is 1. The molecule has 0 aromatic heterocycles. The second kappa shape index (κ2) is 9.72. The molecule has 0 atom stereocenters. The molecule has 0 radical (unpaired) electrons. The zero-order valence-corrected chi connectivity index (χ0v) is 17.5. The summed E-state index contributed by atoms with van der Waals surface area (Å²) < 4.78 is 32.9. The van der Waals surface area contributed by atoms with E-state index in [2.05, 4.69) is 5.32 Å². The van der Waals surface area contributed by atoms with Gasteiger partial charge in [-0.25, -0.2) is 18.4 Å². The quantitative estimate of drug-likeness (QED) is 0.343. The number of anilines is 2. The van der Waals surface area contributed by atoms with Gasteiger partial charge in [-0.1, -0.05) is 6.07 Å². The van der Waals surface area contributed by atoms with Crippen molar-refractivity contribution in [2.75, 3.05) is 43.1 Å². The molecule has 13 heteroatoms. The molecule has 0 bridgehead atoms. The third-order valence-corrected chi connectivity index (χ3v) is 5.45. The van der Waals surface area contributed by atoms with Gasteiger partial charge in [0, 0.05) is 24.8 Å². The number of rotatable bonds is 7. The SMILES string of the molecule is NS(=O)(=O)c1cccc(NC(=O)COC(=O)c2ccc(N3CCOCC3)c([N+](=O)[O-])c2)c1. The van der Waals surface area contributed by atoms with Crippen molar-refractivity contribution >= 4 is 39.0 Å². The summed E-state index contributed by atoms with van der Waals surface area (Å²) in [6, 6.07) is 9.17. The van der Waals surface area contributed by atoms with Crippen molar-refractivity contribution < 1.29 is 32.4 Å². The summed E-state index contributed by atoms with van der Waals surface area (Å²) in [6.45, 7) is 1.17. The lowest BCUT2D eigenvalue weighted by Crippen LogP contribution is -2.36. The van der Waals surface area contributed by atoms with Crippen molar-refractivity contribution in [1.82, 2.24) is 0 Å². The Labute approximate surface area is 183 Å². The van der Waals surface area contributed by atoms with Crippen LogP contribution in [0, 0.1) is 10.1 Å². The first kappa shape index (κ1) is 23.1. The fourth-order valence-corrected chi connectivity index (χ4v) is 3.59. The Bertz CT molecular complexity index is 1150. The Morgan fingerprint density at radius 3 is 2.56 bits per heavy atom. The maximum Gasteiger partial charge on any atom is 0.338 e. The highest BCUT2D eigenvalue weighted by Crippen LogP contribution is 2.30. The van der Waals surface area contributed by atoms with Crippen LogP contribution >= 0.6 is 0 Å². The maximum absolute atomic E-state index is 12.3. The van der Waals surface area contributed by atoms with Crippen LogP contribution in [0.15, 0.2) is 47.4 Å². The van der Waals surface area contributed by atoms with Crippen molar-refractivity contribution in [2.24, 2.45) is 5.14 Å². The second-order valence-electron chi connectivity index (χ2n) is 6.76. The number of nitro groups is 1. The Hall–Kier alpha value is -3.55. The lowest BCUT2D eigenvalue weighted by Gasteiger charge is -2.28. The molecule has 1 saturated heterocycles. The van der Waals surface area contributed by atoms with E-state index in [1.807, 2.05) is 0 Å². The number of sulfonamides is 1. The molecule has 32 heavy (non-hydrogen) atoms. The van der Waals surface area contributed by atoms with E-state index in [0.717, 1.165) is 12.1 Å². The summed E-state index contributed by atoms with van der Waals surface area (Å²) in [4.78, 5) is 36.8. The molecule has 1 fully saturated rings. The molecular formula is C19H20N4O8S. The molecule has 0 aliphatic carbocycles. The first-order valence-corrected chi connectivity index (χ1v) is 10.9. The van der Waals surface area contributed by atoms with Crippen molar-refractivity contribution in [3.05, 3.63) is 58.1 Å². The monoisotopic (exact) mass is 464 g/mol. The number of hydrogen-bond donors (Lipinski definition) is 2. The minimum Gasteiger partial charge on any atom is -0.452 e. The maximum atomic E-state index is 12.3. The number of esters is 1. The van der Waals surface area contributed by atoms with Gasteiger partial charge in [-0.3, -0.25) is 14.9 Å². The Kier molecular flexibility index (Phi) is 7.02. The molecule has 0 saturated carbocycles. The van der Waals surface area contributed by atoms with Crippen LogP contribution in [0.25, 0.3) is 0 Å². The van der Waals surface area contributed by atoms with E-state index in [1.54, 1.807) is 4.90 Å². The van der Waals surface area contributed by atoms with Crippen molar-refractivity contribution in [3.8, 4) is 0 Å². The van der Waals surface area contributed by atoms with Gasteiger partial charge in [0.1, 0.15) is 5.69 Å². The molecule has 2 aromatic carbocycles. The number of nitrogens with zero attached hydrogens (tertiary/aromatic N) is 2. The number of nitrogens with one attached hydrogen (secondary N) is 1. The summed E-state index contributed by atoms with van der Waals surface area (Å²) in [6.07, 6.45) is 0. The largest absolute Gasteiger partial charge is 0.452 e. The van der Waals surface area contributed by atoms with E-state index in [1.165, 1.54) is 30.3 Å². The number of primary sulfonamides is 1. The van der Waals surface area contributed by atoms with E-state index in [-0.39, 0.29) is 21.8 Å². The number of carbonyl (C=O) groups excluding carboxylic acids is 2. The Balaban J connectivity index is 1.65. The van der Waals surface area contributed by atoms with Crippen LogP contribution < -0.4 is 15.4 Å². The molecule has 1 amide bonds. The van der Waals surface area contributed by atoms with E-state index in [0.29, 0.717) is 32.0 Å². The lowest BCUT2D eigenvalue weighted by molar-refractivity contribution is -0.384. The Morgan fingerprint density at radius 1 is 1.19 bits per heavy atom. The zero-order valence-electron chi connectivity index (χ0n) is 16.7. The number of nitro benzene ring substituents is 1. The predicted molar refractivity (Wildman–Crippen MR) is 113 cm³/mol. The minimum absolute atomic E-state index is 0.0854. The van der Waals surface area contributed by atoms with E-state index >= 15 is 0 Å². The molecule has 0 unspecified atom stereocenters. The number of hydrogen-bond acceptors (Lipinski definition) is 9. The van der Waals surface area contributed by atoms with Crippen LogP contribution in [0.3, 0.4) is 0 Å². The van der Waals surface area contributed by atoms with E-state index in [4.69, 9.17) is 14.6 Å². The van der Waals surface area contributed by atoms with Gasteiger partial charge in [0.05, 0.1) is 28.6 Å². The van der Waals surface area contributed by atoms with Crippen molar-refractivity contribution in [3.63, 3.8) is 0 Å². The smallest absolute Gasteiger partial charge is 0.338 e.